The van der Waals surface area contributed by atoms with E-state index >= 15 is 0 Å². The third kappa shape index (κ3) is 3.33. The fraction of sp³-hybridized carbons (Fsp3) is 0.190. The van der Waals surface area contributed by atoms with Gasteiger partial charge in [-0.3, -0.25) is 4.98 Å². The van der Waals surface area contributed by atoms with Crippen molar-refractivity contribution >= 4 is 17.0 Å². The average Bonchev–Trinajstić information content (AvgIpc) is 2.61. The summed E-state index contributed by atoms with van der Waals surface area (Å²) in [6.07, 6.45) is 1.71. The predicted molar refractivity (Wildman–Crippen MR) is 98.9 cm³/mol. The summed E-state index contributed by atoms with van der Waals surface area (Å²) in [5.74, 6) is 1.68. The Bertz CT molecular complexity index is 935. The first kappa shape index (κ1) is 17.0. The number of aromatic nitrogens is 1. The van der Waals surface area contributed by atoms with Gasteiger partial charge in [-0.1, -0.05) is 32.6 Å². The third-order valence-electron chi connectivity index (χ3n) is 3.98. The molecule has 0 N–H and O–H groups in total. The van der Waals surface area contributed by atoms with Crippen LogP contribution in [0.25, 0.3) is 17.0 Å². The first-order valence-corrected chi connectivity index (χ1v) is 8.11. The van der Waals surface area contributed by atoms with Crippen LogP contribution in [0.5, 0.6) is 17.2 Å². The highest BCUT2D eigenvalue weighted by Gasteiger charge is 2.18. The van der Waals surface area contributed by atoms with E-state index in [1.54, 1.807) is 25.3 Å². The standard InChI is InChI=1S/C21H20FNO2/c1-5-17-20(13(2)3)23-19-10-9-14(22)11-18(19)21(17)25-16-8-6-7-15(12-16)24-4/h5-13H,1H2,2-4H3. The number of hydrogen-bond donors (Lipinski definition) is 0. The van der Waals surface area contributed by atoms with Crippen LogP contribution in [-0.2, 0) is 0 Å². The minimum absolute atomic E-state index is 0.176. The number of fused-ring (bicyclic) bond motifs is 1. The topological polar surface area (TPSA) is 31.4 Å². The highest BCUT2D eigenvalue weighted by Crippen LogP contribution is 2.38. The van der Waals surface area contributed by atoms with E-state index in [1.807, 2.05) is 18.2 Å². The van der Waals surface area contributed by atoms with Crippen molar-refractivity contribution in [1.29, 1.82) is 0 Å². The number of hydrogen-bond acceptors (Lipinski definition) is 3. The molecule has 3 nitrogen and oxygen atoms in total. The van der Waals surface area contributed by atoms with Gasteiger partial charge in [0.2, 0.25) is 0 Å². The molecule has 1 heterocycles. The van der Waals surface area contributed by atoms with Crippen LogP contribution in [0, 0.1) is 5.82 Å². The average molecular weight is 337 g/mol. The van der Waals surface area contributed by atoms with Crippen LogP contribution in [0.1, 0.15) is 31.0 Å². The van der Waals surface area contributed by atoms with Crippen molar-refractivity contribution < 1.29 is 13.9 Å². The lowest BCUT2D eigenvalue weighted by Gasteiger charge is -2.17. The molecule has 0 atom stereocenters. The molecule has 0 saturated carbocycles. The molecule has 2 aromatic carbocycles. The Balaban J connectivity index is 2.25. The van der Waals surface area contributed by atoms with Crippen molar-refractivity contribution in [1.82, 2.24) is 4.98 Å². The summed E-state index contributed by atoms with van der Waals surface area (Å²) in [5, 5.41) is 0.613. The van der Waals surface area contributed by atoms with Crippen LogP contribution in [0.15, 0.2) is 49.0 Å². The van der Waals surface area contributed by atoms with Crippen molar-refractivity contribution in [2.45, 2.75) is 19.8 Å². The number of ether oxygens (including phenoxy) is 2. The zero-order valence-corrected chi connectivity index (χ0v) is 14.5. The lowest BCUT2D eigenvalue weighted by atomic mass is 10.00. The van der Waals surface area contributed by atoms with E-state index in [4.69, 9.17) is 9.47 Å². The molecule has 0 aliphatic heterocycles. The quantitative estimate of drug-likeness (QED) is 0.577. The van der Waals surface area contributed by atoms with Crippen LogP contribution in [-0.4, -0.2) is 12.1 Å². The summed E-state index contributed by atoms with van der Waals surface area (Å²) in [4.78, 5) is 4.68. The normalized spacial score (nSPS) is 10.9. The summed E-state index contributed by atoms with van der Waals surface area (Å²) in [6, 6.07) is 11.8. The second-order valence-corrected chi connectivity index (χ2v) is 6.04. The van der Waals surface area contributed by atoms with Crippen molar-refractivity contribution in [3.8, 4) is 17.2 Å². The van der Waals surface area contributed by atoms with Gasteiger partial charge in [0.15, 0.2) is 0 Å². The Morgan fingerprint density at radius 1 is 1.12 bits per heavy atom. The molecule has 0 saturated heterocycles. The third-order valence-corrected chi connectivity index (χ3v) is 3.98. The SMILES string of the molecule is C=Cc1c(C(C)C)nc2ccc(F)cc2c1Oc1cccc(OC)c1. The van der Waals surface area contributed by atoms with E-state index in [0.717, 1.165) is 11.3 Å². The Kier molecular flexibility index (Phi) is 4.70. The summed E-state index contributed by atoms with van der Waals surface area (Å²) < 4.78 is 25.2. The maximum Gasteiger partial charge on any atom is 0.145 e. The maximum absolute atomic E-state index is 13.8. The first-order valence-electron chi connectivity index (χ1n) is 8.11. The van der Waals surface area contributed by atoms with Crippen LogP contribution >= 0.6 is 0 Å². The molecule has 3 rings (SSSR count). The molecule has 0 amide bonds. The second-order valence-electron chi connectivity index (χ2n) is 6.04. The molecule has 0 spiro atoms. The second kappa shape index (κ2) is 6.93. The molecule has 128 valence electrons. The molecule has 0 fully saturated rings. The van der Waals surface area contributed by atoms with Crippen molar-refractivity contribution in [3.05, 3.63) is 66.1 Å². The van der Waals surface area contributed by atoms with E-state index in [2.05, 4.69) is 25.4 Å². The fourth-order valence-corrected chi connectivity index (χ4v) is 2.77. The molecular formula is C21H20FNO2. The first-order chi connectivity index (χ1) is 12.0. The molecule has 0 radical (unpaired) electrons. The number of methoxy groups -OCH3 is 1. The monoisotopic (exact) mass is 337 g/mol. The number of rotatable bonds is 5. The smallest absolute Gasteiger partial charge is 0.145 e. The largest absolute Gasteiger partial charge is 0.497 e. The van der Waals surface area contributed by atoms with E-state index in [0.29, 0.717) is 28.2 Å². The molecule has 0 bridgehead atoms. The zero-order valence-electron chi connectivity index (χ0n) is 14.5. The van der Waals surface area contributed by atoms with Gasteiger partial charge in [-0.05, 0) is 36.2 Å². The van der Waals surface area contributed by atoms with Crippen LogP contribution in [0.4, 0.5) is 4.39 Å². The minimum atomic E-state index is -0.336. The highest BCUT2D eigenvalue weighted by molar-refractivity contribution is 5.90. The van der Waals surface area contributed by atoms with Gasteiger partial charge in [0.1, 0.15) is 23.1 Å². The van der Waals surface area contributed by atoms with Crippen LogP contribution in [0.2, 0.25) is 0 Å². The fourth-order valence-electron chi connectivity index (χ4n) is 2.77. The number of benzene rings is 2. The van der Waals surface area contributed by atoms with E-state index < -0.39 is 0 Å². The highest BCUT2D eigenvalue weighted by atomic mass is 19.1. The van der Waals surface area contributed by atoms with E-state index in [1.165, 1.54) is 12.1 Å². The molecular weight excluding hydrogens is 317 g/mol. The van der Waals surface area contributed by atoms with Gasteiger partial charge < -0.3 is 9.47 Å². The van der Waals surface area contributed by atoms with Crippen LogP contribution in [0.3, 0.4) is 0 Å². The number of halogens is 1. The lowest BCUT2D eigenvalue weighted by Crippen LogP contribution is -2.01. The molecule has 1 aromatic heterocycles. The van der Waals surface area contributed by atoms with Crippen LogP contribution < -0.4 is 9.47 Å². The summed E-state index contributed by atoms with van der Waals surface area (Å²) >= 11 is 0. The number of nitrogens with zero attached hydrogens (tertiary/aromatic N) is 1. The van der Waals surface area contributed by atoms with Crippen molar-refractivity contribution in [2.75, 3.05) is 7.11 Å². The molecule has 4 heteroatoms. The van der Waals surface area contributed by atoms with Crippen molar-refractivity contribution in [2.24, 2.45) is 0 Å². The summed E-state index contributed by atoms with van der Waals surface area (Å²) in [6.45, 7) is 8.01. The zero-order chi connectivity index (χ0) is 18.0. The Hall–Kier alpha value is -2.88. The minimum Gasteiger partial charge on any atom is -0.497 e. The Morgan fingerprint density at radius 2 is 1.88 bits per heavy atom. The van der Waals surface area contributed by atoms with Crippen molar-refractivity contribution in [3.63, 3.8) is 0 Å². The summed E-state index contributed by atoms with van der Waals surface area (Å²) in [7, 11) is 1.60. The van der Waals surface area contributed by atoms with Gasteiger partial charge in [0, 0.05) is 17.0 Å². The van der Waals surface area contributed by atoms with E-state index in [-0.39, 0.29) is 11.7 Å². The van der Waals surface area contributed by atoms with Gasteiger partial charge in [-0.2, -0.15) is 0 Å². The van der Waals surface area contributed by atoms with Gasteiger partial charge in [-0.15, -0.1) is 0 Å². The van der Waals surface area contributed by atoms with Gasteiger partial charge in [0.25, 0.3) is 0 Å². The van der Waals surface area contributed by atoms with E-state index in [9.17, 15) is 4.39 Å². The lowest BCUT2D eigenvalue weighted by molar-refractivity contribution is 0.409. The van der Waals surface area contributed by atoms with Gasteiger partial charge in [0.05, 0.1) is 18.3 Å². The Morgan fingerprint density at radius 3 is 2.56 bits per heavy atom. The molecule has 0 aliphatic rings. The maximum atomic E-state index is 13.8. The predicted octanol–water partition coefficient (Wildman–Crippen LogP) is 5.94. The molecule has 25 heavy (non-hydrogen) atoms. The molecule has 0 unspecified atom stereocenters. The molecule has 3 aromatic rings. The Labute approximate surface area is 146 Å². The number of pyridine rings is 1. The molecule has 0 aliphatic carbocycles. The van der Waals surface area contributed by atoms with Gasteiger partial charge >= 0.3 is 0 Å². The van der Waals surface area contributed by atoms with Gasteiger partial charge in [-0.25, -0.2) is 4.39 Å². The summed E-state index contributed by atoms with van der Waals surface area (Å²) in [5.41, 5.74) is 2.33.